The molecule has 1 aromatic heterocycles. The van der Waals surface area contributed by atoms with E-state index in [4.69, 9.17) is 10.7 Å². The van der Waals surface area contributed by atoms with Crippen LogP contribution in [-0.2, 0) is 9.05 Å². The number of aromatic amines is 1. The van der Waals surface area contributed by atoms with Gasteiger partial charge in [0.1, 0.15) is 5.82 Å². The van der Waals surface area contributed by atoms with Crippen LogP contribution in [0, 0.1) is 11.8 Å². The molecule has 0 amide bonds. The monoisotopic (exact) mass is 303 g/mol. The number of H-pyrrole nitrogens is 1. The standard InChI is InChI=1S/C12H18ClN3O2S/c13-19(17,18)12-14-11(15-16-12)10-6-5-8-3-1-2-4-9(8)7-10/h8-10H,1-7H2,(H,14,15,16). The summed E-state index contributed by atoms with van der Waals surface area (Å²) in [5.74, 6) is 2.63. The van der Waals surface area contributed by atoms with Gasteiger partial charge < -0.3 is 0 Å². The van der Waals surface area contributed by atoms with E-state index < -0.39 is 9.05 Å². The third kappa shape index (κ3) is 2.79. The molecule has 0 aliphatic heterocycles. The van der Waals surface area contributed by atoms with Crippen molar-refractivity contribution in [3.63, 3.8) is 0 Å². The Morgan fingerprint density at radius 3 is 2.53 bits per heavy atom. The van der Waals surface area contributed by atoms with E-state index in [2.05, 4.69) is 15.2 Å². The van der Waals surface area contributed by atoms with E-state index in [-0.39, 0.29) is 5.16 Å². The lowest BCUT2D eigenvalue weighted by Crippen LogP contribution is -2.27. The molecule has 2 aliphatic carbocycles. The smallest absolute Gasteiger partial charge is 0.262 e. The lowest BCUT2D eigenvalue weighted by Gasteiger charge is -2.38. The minimum Gasteiger partial charge on any atom is -0.262 e. The quantitative estimate of drug-likeness (QED) is 0.852. The minimum absolute atomic E-state index is 0.296. The molecule has 2 fully saturated rings. The van der Waals surface area contributed by atoms with Gasteiger partial charge in [-0.3, -0.25) is 5.10 Å². The summed E-state index contributed by atoms with van der Waals surface area (Å²) in [6.45, 7) is 0. The van der Waals surface area contributed by atoms with Gasteiger partial charge in [-0.25, -0.2) is 13.4 Å². The fraction of sp³-hybridized carbons (Fsp3) is 0.833. The third-order valence-corrected chi connectivity index (χ3v) is 5.66. The van der Waals surface area contributed by atoms with Crippen LogP contribution >= 0.6 is 10.7 Å². The van der Waals surface area contributed by atoms with Gasteiger partial charge in [0.25, 0.3) is 14.2 Å². The predicted octanol–water partition coefficient (Wildman–Crippen LogP) is 2.81. The van der Waals surface area contributed by atoms with Crippen LogP contribution in [0.2, 0.25) is 0 Å². The summed E-state index contributed by atoms with van der Waals surface area (Å²) < 4.78 is 22.4. The van der Waals surface area contributed by atoms with Crippen LogP contribution in [0.3, 0.4) is 0 Å². The second-order valence-corrected chi connectivity index (χ2v) is 8.22. The molecule has 5 nitrogen and oxygen atoms in total. The first-order valence-corrected chi connectivity index (χ1v) is 9.22. The molecule has 0 bridgehead atoms. The molecule has 1 aromatic rings. The average molecular weight is 304 g/mol. The summed E-state index contributed by atoms with van der Waals surface area (Å²) in [6.07, 6.45) is 8.73. The summed E-state index contributed by atoms with van der Waals surface area (Å²) in [4.78, 5) is 4.06. The van der Waals surface area contributed by atoms with Gasteiger partial charge in [-0.05, 0) is 31.1 Å². The van der Waals surface area contributed by atoms with Gasteiger partial charge in [0.2, 0.25) is 0 Å². The zero-order valence-corrected chi connectivity index (χ0v) is 12.3. The molecule has 106 valence electrons. The highest BCUT2D eigenvalue weighted by Crippen LogP contribution is 2.45. The van der Waals surface area contributed by atoms with E-state index in [1.165, 1.54) is 32.1 Å². The Morgan fingerprint density at radius 1 is 1.11 bits per heavy atom. The molecule has 2 aliphatic rings. The van der Waals surface area contributed by atoms with E-state index >= 15 is 0 Å². The van der Waals surface area contributed by atoms with Crippen molar-refractivity contribution in [2.75, 3.05) is 0 Å². The van der Waals surface area contributed by atoms with Crippen LogP contribution in [-0.4, -0.2) is 23.6 Å². The van der Waals surface area contributed by atoms with Crippen molar-refractivity contribution in [3.05, 3.63) is 5.82 Å². The molecule has 1 N–H and O–H groups in total. The number of hydrogen-bond acceptors (Lipinski definition) is 4. The number of nitrogens with one attached hydrogen (secondary N) is 1. The first-order valence-electron chi connectivity index (χ1n) is 6.91. The number of nitrogens with zero attached hydrogens (tertiary/aromatic N) is 2. The summed E-state index contributed by atoms with van der Waals surface area (Å²) in [7, 11) is 1.42. The van der Waals surface area contributed by atoms with Crippen molar-refractivity contribution >= 4 is 19.7 Å². The number of halogens is 1. The van der Waals surface area contributed by atoms with E-state index in [0.29, 0.717) is 11.7 Å². The molecule has 0 radical (unpaired) electrons. The zero-order valence-electron chi connectivity index (χ0n) is 10.7. The molecule has 1 heterocycles. The van der Waals surface area contributed by atoms with E-state index in [1.807, 2.05) is 0 Å². The minimum atomic E-state index is -3.83. The first-order chi connectivity index (χ1) is 9.04. The zero-order chi connectivity index (χ0) is 13.5. The lowest BCUT2D eigenvalue weighted by atomic mass is 9.67. The molecule has 0 saturated heterocycles. The summed E-state index contributed by atoms with van der Waals surface area (Å²) in [6, 6.07) is 0. The van der Waals surface area contributed by atoms with Crippen molar-refractivity contribution in [1.82, 2.24) is 15.2 Å². The van der Waals surface area contributed by atoms with Crippen LogP contribution in [0.1, 0.15) is 56.7 Å². The van der Waals surface area contributed by atoms with Crippen molar-refractivity contribution in [1.29, 1.82) is 0 Å². The predicted molar refractivity (Wildman–Crippen MR) is 71.5 cm³/mol. The highest BCUT2D eigenvalue weighted by molar-refractivity contribution is 8.13. The Labute approximate surface area is 117 Å². The fourth-order valence-corrected chi connectivity index (χ4v) is 4.24. The van der Waals surface area contributed by atoms with E-state index in [9.17, 15) is 8.42 Å². The van der Waals surface area contributed by atoms with Crippen molar-refractivity contribution in [3.8, 4) is 0 Å². The molecule has 7 heteroatoms. The maximum Gasteiger partial charge on any atom is 0.298 e. The Kier molecular flexibility index (Phi) is 3.55. The largest absolute Gasteiger partial charge is 0.298 e. The Hall–Kier alpha value is -0.620. The van der Waals surface area contributed by atoms with Crippen LogP contribution in [0.5, 0.6) is 0 Å². The summed E-state index contributed by atoms with van der Waals surface area (Å²) in [5, 5.41) is 6.17. The lowest BCUT2D eigenvalue weighted by molar-refractivity contribution is 0.153. The number of rotatable bonds is 2. The van der Waals surface area contributed by atoms with Crippen LogP contribution in [0.4, 0.5) is 0 Å². The molecule has 0 aromatic carbocycles. The van der Waals surface area contributed by atoms with Gasteiger partial charge in [0, 0.05) is 16.6 Å². The maximum absolute atomic E-state index is 11.2. The van der Waals surface area contributed by atoms with Gasteiger partial charge in [-0.15, -0.1) is 5.10 Å². The SMILES string of the molecule is O=S(=O)(Cl)c1n[nH]c(C2CCC3CCCCC3C2)n1. The highest BCUT2D eigenvalue weighted by Gasteiger charge is 2.34. The molecular formula is C12H18ClN3O2S. The average Bonchev–Trinajstić information content (AvgIpc) is 2.87. The van der Waals surface area contributed by atoms with Crippen molar-refractivity contribution in [2.24, 2.45) is 11.8 Å². The molecule has 2 saturated carbocycles. The third-order valence-electron chi connectivity index (χ3n) is 4.63. The van der Waals surface area contributed by atoms with Crippen LogP contribution in [0.25, 0.3) is 0 Å². The second-order valence-electron chi connectivity index (χ2n) is 5.76. The number of hydrogen-bond donors (Lipinski definition) is 1. The molecule has 3 unspecified atom stereocenters. The van der Waals surface area contributed by atoms with E-state index in [0.717, 1.165) is 24.7 Å². The van der Waals surface area contributed by atoms with Crippen LogP contribution in [0.15, 0.2) is 5.16 Å². The molecule has 0 spiro atoms. The molecule has 19 heavy (non-hydrogen) atoms. The van der Waals surface area contributed by atoms with Gasteiger partial charge in [0.15, 0.2) is 0 Å². The Bertz CT molecular complexity index is 557. The van der Waals surface area contributed by atoms with Gasteiger partial charge in [-0.1, -0.05) is 25.7 Å². The summed E-state index contributed by atoms with van der Waals surface area (Å²) >= 11 is 0. The van der Waals surface area contributed by atoms with Gasteiger partial charge in [0.05, 0.1) is 0 Å². The second kappa shape index (κ2) is 5.05. The van der Waals surface area contributed by atoms with E-state index in [1.54, 1.807) is 0 Å². The topological polar surface area (TPSA) is 75.7 Å². The number of aromatic nitrogens is 3. The van der Waals surface area contributed by atoms with Gasteiger partial charge >= 0.3 is 0 Å². The normalized spacial score (nSPS) is 31.9. The fourth-order valence-electron chi connectivity index (χ4n) is 3.67. The Morgan fingerprint density at radius 2 is 1.84 bits per heavy atom. The highest BCUT2D eigenvalue weighted by atomic mass is 35.7. The van der Waals surface area contributed by atoms with Gasteiger partial charge in [-0.2, -0.15) is 0 Å². The van der Waals surface area contributed by atoms with Crippen molar-refractivity contribution < 1.29 is 8.42 Å². The Balaban J connectivity index is 1.74. The molecule has 3 rings (SSSR count). The first kappa shape index (κ1) is 13.4. The maximum atomic E-state index is 11.2. The van der Waals surface area contributed by atoms with Crippen molar-refractivity contribution in [2.45, 2.75) is 56.0 Å². The summed E-state index contributed by atoms with van der Waals surface area (Å²) in [5.41, 5.74) is 0. The van der Waals surface area contributed by atoms with Crippen LogP contribution < -0.4 is 0 Å². The molecular weight excluding hydrogens is 286 g/mol. The molecule has 3 atom stereocenters. The number of fused-ring (bicyclic) bond motifs is 1.